The average Bonchev–Trinajstić information content (AvgIpc) is 1.89. The van der Waals surface area contributed by atoms with Gasteiger partial charge < -0.3 is 16.0 Å². The van der Waals surface area contributed by atoms with E-state index in [0.29, 0.717) is 0 Å². The maximum atomic E-state index is 3.91. The van der Waals surface area contributed by atoms with Crippen LogP contribution < -0.4 is 16.0 Å². The molecule has 3 nitrogen and oxygen atoms in total. The van der Waals surface area contributed by atoms with Gasteiger partial charge in [0.2, 0.25) is 0 Å². The maximum Gasteiger partial charge on any atom is 0.0811 e. The first-order chi connectivity index (χ1) is 4.18. The van der Waals surface area contributed by atoms with Crippen LogP contribution in [0.25, 0.3) is 0 Å². The number of hydrogen-bond acceptors (Lipinski definition) is 3. The van der Waals surface area contributed by atoms with Crippen molar-refractivity contribution in [2.45, 2.75) is 5.66 Å². The molecule has 55 valence electrons. The monoisotopic (exact) mass is 130 g/mol. The van der Waals surface area contributed by atoms with Gasteiger partial charge in [0.15, 0.2) is 0 Å². The van der Waals surface area contributed by atoms with E-state index in [1.165, 1.54) is 0 Å². The van der Waals surface area contributed by atoms with Crippen LogP contribution in [0.1, 0.15) is 0 Å². The zero-order valence-electron chi connectivity index (χ0n) is 6.41. The number of hydrogen-bond donors (Lipinski definition) is 3. The Kier molecular flexibility index (Phi) is 3.77. The van der Waals surface area contributed by atoms with Gasteiger partial charge in [-0.05, 0) is 28.1 Å². The third kappa shape index (κ3) is 2.79. The molecule has 3 heteroatoms. The summed E-state index contributed by atoms with van der Waals surface area (Å²) in [5.74, 6) is 0. The van der Waals surface area contributed by atoms with Crippen LogP contribution in [0.2, 0.25) is 0 Å². The Morgan fingerprint density at radius 2 is 1.67 bits per heavy atom. The summed E-state index contributed by atoms with van der Waals surface area (Å²) in [6.07, 6.45) is 0. The molecule has 0 bridgehead atoms. The lowest BCUT2D eigenvalue weighted by Crippen LogP contribution is -2.57. The van der Waals surface area contributed by atoms with E-state index < -0.39 is 0 Å². The summed E-state index contributed by atoms with van der Waals surface area (Å²) in [5, 5.41) is 9.11. The summed E-state index contributed by atoms with van der Waals surface area (Å²) in [6, 6.07) is 0. The standard InChI is InChI=1S/C6H16N3/c1-6(8-3,9-4)5-7-2/h7-9H,1,5H2,2-4H3. The Morgan fingerprint density at radius 1 is 1.22 bits per heavy atom. The number of rotatable bonds is 4. The molecule has 0 aliphatic carbocycles. The highest BCUT2D eigenvalue weighted by molar-refractivity contribution is 4.86. The quantitative estimate of drug-likeness (QED) is 0.435. The van der Waals surface area contributed by atoms with Crippen molar-refractivity contribution in [3.63, 3.8) is 0 Å². The largest absolute Gasteiger partial charge is 0.317 e. The zero-order chi connectivity index (χ0) is 7.33. The smallest absolute Gasteiger partial charge is 0.0811 e. The van der Waals surface area contributed by atoms with Crippen molar-refractivity contribution in [3.8, 4) is 0 Å². The van der Waals surface area contributed by atoms with E-state index in [2.05, 4.69) is 22.9 Å². The Bertz CT molecular complexity index is 68.7. The zero-order valence-corrected chi connectivity index (χ0v) is 6.41. The Hall–Kier alpha value is -0.120. The van der Waals surface area contributed by atoms with E-state index in [9.17, 15) is 0 Å². The molecule has 9 heavy (non-hydrogen) atoms. The molecular formula is C6H16N3. The van der Waals surface area contributed by atoms with Crippen molar-refractivity contribution < 1.29 is 0 Å². The molecule has 0 heterocycles. The first kappa shape index (κ1) is 8.88. The van der Waals surface area contributed by atoms with Gasteiger partial charge in [0.05, 0.1) is 5.66 Å². The van der Waals surface area contributed by atoms with Crippen molar-refractivity contribution in [3.05, 3.63) is 6.92 Å². The van der Waals surface area contributed by atoms with Crippen LogP contribution in [-0.4, -0.2) is 33.4 Å². The Labute approximate surface area is 57.2 Å². The SMILES string of the molecule is [CH2]C(CNC)(NC)NC. The lowest BCUT2D eigenvalue weighted by molar-refractivity contribution is 0.359. The van der Waals surface area contributed by atoms with Gasteiger partial charge in [-0.1, -0.05) is 0 Å². The van der Waals surface area contributed by atoms with Crippen LogP contribution in [0.4, 0.5) is 0 Å². The highest BCUT2D eigenvalue weighted by atomic mass is 15.2. The molecule has 0 saturated carbocycles. The number of likely N-dealkylation sites (N-methyl/N-ethyl adjacent to an activating group) is 3. The van der Waals surface area contributed by atoms with Gasteiger partial charge in [-0.2, -0.15) is 0 Å². The average molecular weight is 130 g/mol. The molecular weight excluding hydrogens is 114 g/mol. The highest BCUT2D eigenvalue weighted by Gasteiger charge is 2.16. The first-order valence-corrected chi connectivity index (χ1v) is 3.06. The van der Waals surface area contributed by atoms with Gasteiger partial charge in [-0.3, -0.25) is 0 Å². The lowest BCUT2D eigenvalue weighted by Gasteiger charge is -2.27. The summed E-state index contributed by atoms with van der Waals surface area (Å²) in [7, 11) is 5.65. The molecule has 3 N–H and O–H groups in total. The minimum Gasteiger partial charge on any atom is -0.317 e. The summed E-state index contributed by atoms with van der Waals surface area (Å²) in [5.41, 5.74) is -0.227. The van der Waals surface area contributed by atoms with Gasteiger partial charge in [0, 0.05) is 6.54 Å². The highest BCUT2D eigenvalue weighted by Crippen LogP contribution is 1.90. The second kappa shape index (κ2) is 3.82. The summed E-state index contributed by atoms with van der Waals surface area (Å²) in [4.78, 5) is 0. The third-order valence-electron chi connectivity index (χ3n) is 1.44. The van der Waals surface area contributed by atoms with Crippen LogP contribution in [0.5, 0.6) is 0 Å². The summed E-state index contributed by atoms with van der Waals surface area (Å²) < 4.78 is 0. The van der Waals surface area contributed by atoms with Crippen molar-refractivity contribution in [1.82, 2.24) is 16.0 Å². The minimum absolute atomic E-state index is 0.227. The maximum absolute atomic E-state index is 3.91. The fraction of sp³-hybridized carbons (Fsp3) is 0.833. The third-order valence-corrected chi connectivity index (χ3v) is 1.44. The molecule has 0 unspecified atom stereocenters. The number of nitrogens with one attached hydrogen (secondary N) is 3. The Morgan fingerprint density at radius 3 is 1.78 bits per heavy atom. The predicted octanol–water partition coefficient (Wildman–Crippen LogP) is -0.825. The molecule has 0 aliphatic heterocycles. The second-order valence-electron chi connectivity index (χ2n) is 2.11. The van der Waals surface area contributed by atoms with Crippen LogP contribution in [-0.2, 0) is 0 Å². The summed E-state index contributed by atoms with van der Waals surface area (Å²) in [6.45, 7) is 4.72. The molecule has 0 aromatic rings. The first-order valence-electron chi connectivity index (χ1n) is 3.06. The van der Waals surface area contributed by atoms with E-state index in [4.69, 9.17) is 0 Å². The molecule has 0 aromatic carbocycles. The molecule has 0 fully saturated rings. The molecule has 0 amide bonds. The van der Waals surface area contributed by atoms with E-state index in [-0.39, 0.29) is 5.66 Å². The van der Waals surface area contributed by atoms with Crippen molar-refractivity contribution >= 4 is 0 Å². The van der Waals surface area contributed by atoms with Gasteiger partial charge >= 0.3 is 0 Å². The van der Waals surface area contributed by atoms with Gasteiger partial charge in [-0.15, -0.1) is 0 Å². The second-order valence-corrected chi connectivity index (χ2v) is 2.11. The van der Waals surface area contributed by atoms with E-state index in [1.54, 1.807) is 0 Å². The fourth-order valence-corrected chi connectivity index (χ4v) is 0.604. The van der Waals surface area contributed by atoms with Crippen LogP contribution >= 0.6 is 0 Å². The van der Waals surface area contributed by atoms with Gasteiger partial charge in [0.1, 0.15) is 0 Å². The molecule has 0 atom stereocenters. The Balaban J connectivity index is 3.62. The van der Waals surface area contributed by atoms with Crippen LogP contribution in [0.15, 0.2) is 0 Å². The van der Waals surface area contributed by atoms with Crippen LogP contribution in [0, 0.1) is 6.92 Å². The van der Waals surface area contributed by atoms with E-state index >= 15 is 0 Å². The van der Waals surface area contributed by atoms with E-state index in [0.717, 1.165) is 6.54 Å². The molecule has 0 rings (SSSR count). The molecule has 0 saturated heterocycles. The van der Waals surface area contributed by atoms with Crippen LogP contribution in [0.3, 0.4) is 0 Å². The molecule has 0 spiro atoms. The molecule has 0 aromatic heterocycles. The normalized spacial score (nSPS) is 12.0. The van der Waals surface area contributed by atoms with Crippen molar-refractivity contribution in [2.75, 3.05) is 27.7 Å². The van der Waals surface area contributed by atoms with Gasteiger partial charge in [-0.25, -0.2) is 0 Å². The van der Waals surface area contributed by atoms with E-state index in [1.807, 2.05) is 21.1 Å². The molecule has 0 aliphatic rings. The lowest BCUT2D eigenvalue weighted by atomic mass is 10.2. The minimum atomic E-state index is -0.227. The summed E-state index contributed by atoms with van der Waals surface area (Å²) >= 11 is 0. The predicted molar refractivity (Wildman–Crippen MR) is 40.1 cm³/mol. The van der Waals surface area contributed by atoms with Crippen molar-refractivity contribution in [2.24, 2.45) is 0 Å². The van der Waals surface area contributed by atoms with Gasteiger partial charge in [0.25, 0.3) is 0 Å². The van der Waals surface area contributed by atoms with Crippen molar-refractivity contribution in [1.29, 1.82) is 0 Å². The fourth-order valence-electron chi connectivity index (χ4n) is 0.604. The molecule has 1 radical (unpaired) electrons. The topological polar surface area (TPSA) is 36.1 Å².